The summed E-state index contributed by atoms with van der Waals surface area (Å²) < 4.78 is 33.2. The Morgan fingerprint density at radius 1 is 0.639 bits per heavy atom. The second-order valence-electron chi connectivity index (χ2n) is 8.81. The van der Waals surface area contributed by atoms with Crippen molar-refractivity contribution in [3.63, 3.8) is 0 Å². The van der Waals surface area contributed by atoms with Crippen molar-refractivity contribution in [2.24, 2.45) is 0 Å². The van der Waals surface area contributed by atoms with Crippen molar-refractivity contribution in [1.82, 2.24) is 0 Å². The highest BCUT2D eigenvalue weighted by Gasteiger charge is 2.54. The van der Waals surface area contributed by atoms with Crippen LogP contribution in [0.5, 0.6) is 0 Å². The van der Waals surface area contributed by atoms with Gasteiger partial charge in [0.15, 0.2) is 18.9 Å². The Morgan fingerprint density at radius 2 is 1.14 bits per heavy atom. The molecule has 15 atom stereocenters. The number of aliphatic hydroxyl groups is 9. The minimum atomic E-state index is -1.84. The predicted molar refractivity (Wildman–Crippen MR) is 112 cm³/mol. The van der Waals surface area contributed by atoms with Crippen LogP contribution >= 0.6 is 0 Å². The maximum Gasteiger partial charge on any atom is 0.188 e. The maximum absolute atomic E-state index is 10.9. The molecule has 0 saturated carbocycles. The summed E-state index contributed by atoms with van der Waals surface area (Å²) in [6, 6.07) is 0. The molecular formula is C21H34O15. The number of hydrogen-bond donors (Lipinski definition) is 9. The first-order chi connectivity index (χ1) is 17.0. The molecule has 36 heavy (non-hydrogen) atoms. The molecule has 9 N–H and O–H groups in total. The predicted octanol–water partition coefficient (Wildman–Crippen LogP) is -5.89. The number of rotatable bonds is 8. The van der Waals surface area contributed by atoms with Gasteiger partial charge in [0.2, 0.25) is 0 Å². The van der Waals surface area contributed by atoms with Crippen LogP contribution in [0.4, 0.5) is 0 Å². The van der Waals surface area contributed by atoms with Crippen LogP contribution in [0.1, 0.15) is 6.92 Å². The van der Waals surface area contributed by atoms with Crippen LogP contribution in [0, 0.1) is 12.3 Å². The Labute approximate surface area is 206 Å². The zero-order valence-corrected chi connectivity index (χ0v) is 19.3. The van der Waals surface area contributed by atoms with Crippen molar-refractivity contribution in [1.29, 1.82) is 0 Å². The normalized spacial score (nSPS) is 50.0. The lowest BCUT2D eigenvalue weighted by atomic mass is 9.96. The van der Waals surface area contributed by atoms with Crippen LogP contribution in [0.3, 0.4) is 0 Å². The van der Waals surface area contributed by atoms with Gasteiger partial charge in [0.25, 0.3) is 0 Å². The first kappa shape index (κ1) is 29.5. The standard InChI is InChI=1S/C21H34O15/c1-3-4-31-21-18(36-19-15(29)13(27)10(24)7(2)32-19)17(12(26)9(6-23)34-21)35-20-16(30)14(28)11(25)8(5-22)33-20/h1,7-30H,4-6H2,2H3/t7?,8?,9?,10-,11+,12+,13+,14+,15?,16?,17+,18?,19+,20+,21-/m1/s1. The molecule has 0 bridgehead atoms. The van der Waals surface area contributed by atoms with Crippen LogP contribution < -0.4 is 0 Å². The number of hydrogen-bond acceptors (Lipinski definition) is 15. The largest absolute Gasteiger partial charge is 0.394 e. The fourth-order valence-corrected chi connectivity index (χ4v) is 4.22. The molecule has 0 aliphatic carbocycles. The van der Waals surface area contributed by atoms with E-state index < -0.39 is 105 Å². The molecule has 0 aromatic rings. The second kappa shape index (κ2) is 12.7. The summed E-state index contributed by atoms with van der Waals surface area (Å²) in [6.45, 7) is -0.368. The Bertz CT molecular complexity index is 733. The molecule has 0 spiro atoms. The molecule has 3 fully saturated rings. The maximum atomic E-state index is 10.9. The Hall–Kier alpha value is -1.04. The van der Waals surface area contributed by atoms with Crippen molar-refractivity contribution in [3.8, 4) is 12.3 Å². The molecule has 0 radical (unpaired) electrons. The topological polar surface area (TPSA) is 237 Å². The van der Waals surface area contributed by atoms with Gasteiger partial charge < -0.3 is 74.4 Å². The highest BCUT2D eigenvalue weighted by molar-refractivity contribution is 4.97. The molecule has 0 amide bonds. The molecule has 0 aromatic heterocycles. The smallest absolute Gasteiger partial charge is 0.188 e. The highest BCUT2D eigenvalue weighted by atomic mass is 16.8. The van der Waals surface area contributed by atoms with E-state index in [4.69, 9.17) is 34.8 Å². The van der Waals surface area contributed by atoms with Gasteiger partial charge in [-0.1, -0.05) is 5.92 Å². The zero-order chi connectivity index (χ0) is 26.7. The first-order valence-electron chi connectivity index (χ1n) is 11.4. The molecule has 15 nitrogen and oxygen atoms in total. The molecule has 3 aliphatic rings. The number of aliphatic hydroxyl groups excluding tert-OH is 9. The quantitative estimate of drug-likeness (QED) is 0.134. The van der Waals surface area contributed by atoms with E-state index in [0.717, 1.165) is 0 Å². The fourth-order valence-electron chi connectivity index (χ4n) is 4.22. The van der Waals surface area contributed by atoms with Gasteiger partial charge in [-0.2, -0.15) is 0 Å². The molecule has 0 aromatic carbocycles. The molecular weight excluding hydrogens is 492 g/mol. The SMILES string of the molecule is C#CCO[C@@H]1OC(CO)[C@H](O)[C@H](O[C@@H]2OC(CO)[C@H](O)[C@H](O)C2O)C1O[C@@H]1OC(C)[C@@H](O)[C@H](O)C1O. The van der Waals surface area contributed by atoms with Crippen LogP contribution in [-0.2, 0) is 28.4 Å². The van der Waals surface area contributed by atoms with Crippen LogP contribution in [0.25, 0.3) is 0 Å². The Kier molecular flexibility index (Phi) is 10.4. The van der Waals surface area contributed by atoms with Gasteiger partial charge in [-0.15, -0.1) is 6.42 Å². The molecule has 208 valence electrons. The fraction of sp³-hybridized carbons (Fsp3) is 0.905. The second-order valence-corrected chi connectivity index (χ2v) is 8.81. The summed E-state index contributed by atoms with van der Waals surface area (Å²) in [5.41, 5.74) is 0. The van der Waals surface area contributed by atoms with Crippen LogP contribution in [0.15, 0.2) is 0 Å². The summed E-state index contributed by atoms with van der Waals surface area (Å²) >= 11 is 0. The van der Waals surface area contributed by atoms with Gasteiger partial charge >= 0.3 is 0 Å². The van der Waals surface area contributed by atoms with Gasteiger partial charge in [-0.25, -0.2) is 0 Å². The molecule has 3 rings (SSSR count). The van der Waals surface area contributed by atoms with E-state index >= 15 is 0 Å². The summed E-state index contributed by atoms with van der Waals surface area (Å²) in [7, 11) is 0. The van der Waals surface area contributed by atoms with Gasteiger partial charge in [0.05, 0.1) is 19.3 Å². The van der Waals surface area contributed by atoms with Gasteiger partial charge in [-0.3, -0.25) is 0 Å². The van der Waals surface area contributed by atoms with E-state index in [0.29, 0.717) is 0 Å². The first-order valence-corrected chi connectivity index (χ1v) is 11.4. The molecule has 3 saturated heterocycles. The van der Waals surface area contributed by atoms with Crippen LogP contribution in [-0.4, -0.2) is 158 Å². The highest BCUT2D eigenvalue weighted by Crippen LogP contribution is 2.33. The van der Waals surface area contributed by atoms with Crippen molar-refractivity contribution < 1.29 is 74.4 Å². The number of terminal acetylenes is 1. The third-order valence-electron chi connectivity index (χ3n) is 6.37. The van der Waals surface area contributed by atoms with E-state index in [9.17, 15) is 46.0 Å². The lowest BCUT2D eigenvalue weighted by Crippen LogP contribution is -2.67. The Balaban J connectivity index is 1.90. The minimum absolute atomic E-state index is 0.322. The van der Waals surface area contributed by atoms with Crippen molar-refractivity contribution in [2.75, 3.05) is 19.8 Å². The summed E-state index contributed by atoms with van der Waals surface area (Å²) in [5, 5.41) is 91.0. The van der Waals surface area contributed by atoms with Crippen molar-refractivity contribution >= 4 is 0 Å². The van der Waals surface area contributed by atoms with Crippen molar-refractivity contribution in [3.05, 3.63) is 0 Å². The number of ether oxygens (including phenoxy) is 6. The summed E-state index contributed by atoms with van der Waals surface area (Å²) in [6.07, 6.45) is -18.1. The third-order valence-corrected chi connectivity index (χ3v) is 6.37. The van der Waals surface area contributed by atoms with Gasteiger partial charge in [0, 0.05) is 0 Å². The molecule has 6 unspecified atom stereocenters. The summed E-state index contributed by atoms with van der Waals surface area (Å²) in [5.74, 6) is 2.21. The van der Waals surface area contributed by atoms with Gasteiger partial charge in [0.1, 0.15) is 73.8 Å². The molecule has 3 aliphatic heterocycles. The lowest BCUT2D eigenvalue weighted by Gasteiger charge is -2.48. The average molecular weight is 526 g/mol. The van der Waals surface area contributed by atoms with E-state index in [1.807, 2.05) is 0 Å². The van der Waals surface area contributed by atoms with E-state index in [-0.39, 0.29) is 6.61 Å². The van der Waals surface area contributed by atoms with Gasteiger partial charge in [-0.05, 0) is 6.92 Å². The monoisotopic (exact) mass is 526 g/mol. The third kappa shape index (κ3) is 5.99. The lowest BCUT2D eigenvalue weighted by molar-refractivity contribution is -0.389. The molecule has 15 heteroatoms. The van der Waals surface area contributed by atoms with E-state index in [1.165, 1.54) is 6.92 Å². The summed E-state index contributed by atoms with van der Waals surface area (Å²) in [4.78, 5) is 0. The van der Waals surface area contributed by atoms with E-state index in [2.05, 4.69) is 5.92 Å². The van der Waals surface area contributed by atoms with Crippen LogP contribution in [0.2, 0.25) is 0 Å². The minimum Gasteiger partial charge on any atom is -0.394 e. The zero-order valence-electron chi connectivity index (χ0n) is 19.3. The Morgan fingerprint density at radius 3 is 1.72 bits per heavy atom. The molecule has 3 heterocycles. The van der Waals surface area contributed by atoms with Crippen molar-refractivity contribution in [2.45, 2.75) is 99.0 Å². The van der Waals surface area contributed by atoms with E-state index in [1.54, 1.807) is 0 Å². The average Bonchev–Trinajstić information content (AvgIpc) is 2.87.